The molecule has 0 amide bonds. The zero-order chi connectivity index (χ0) is 21.8. The van der Waals surface area contributed by atoms with Crippen LogP contribution in [0.2, 0.25) is 0 Å². The van der Waals surface area contributed by atoms with Crippen LogP contribution in [0.1, 0.15) is 18.9 Å². The fraction of sp³-hybridized carbons (Fsp3) is 0.143. The molecule has 3 aromatic heterocycles. The van der Waals surface area contributed by atoms with E-state index in [2.05, 4.69) is 87.4 Å². The molecule has 0 saturated carbocycles. The Balaban J connectivity index is 1.42. The molecule has 0 radical (unpaired) electrons. The quantitative estimate of drug-likeness (QED) is 0.319. The third-order valence-electron chi connectivity index (χ3n) is 5.68. The maximum Gasteiger partial charge on any atom is 0.137 e. The largest absolute Gasteiger partial charge is 0.313 e. The lowest BCUT2D eigenvalue weighted by atomic mass is 10.0. The van der Waals surface area contributed by atoms with Crippen LogP contribution in [0.25, 0.3) is 39.3 Å². The van der Waals surface area contributed by atoms with Crippen molar-refractivity contribution < 1.29 is 0 Å². The first-order valence-electron chi connectivity index (χ1n) is 11.1. The number of nitrogens with one attached hydrogen (secondary N) is 1. The Morgan fingerprint density at radius 3 is 2.44 bits per heavy atom. The second-order valence-electron chi connectivity index (χ2n) is 7.96. The molecule has 0 aliphatic carbocycles. The molecular formula is C28H26N4. The summed E-state index contributed by atoms with van der Waals surface area (Å²) in [4.78, 5) is 9.23. The fourth-order valence-corrected chi connectivity index (χ4v) is 3.95. The summed E-state index contributed by atoms with van der Waals surface area (Å²) in [7, 11) is 0. The van der Waals surface area contributed by atoms with Gasteiger partial charge < -0.3 is 5.32 Å². The number of imidazole rings is 1. The number of nitrogens with zero attached hydrogens (tertiary/aromatic N) is 3. The lowest BCUT2D eigenvalue weighted by Crippen LogP contribution is -2.13. The van der Waals surface area contributed by atoms with E-state index in [1.165, 1.54) is 16.7 Å². The van der Waals surface area contributed by atoms with Gasteiger partial charge in [-0.05, 0) is 53.9 Å². The molecule has 0 spiro atoms. The number of aromatic nitrogens is 3. The Bertz CT molecular complexity index is 1320. The Kier molecular flexibility index (Phi) is 5.77. The van der Waals surface area contributed by atoms with Crippen LogP contribution < -0.4 is 5.32 Å². The zero-order valence-corrected chi connectivity index (χ0v) is 18.2. The molecule has 0 atom stereocenters. The van der Waals surface area contributed by atoms with Gasteiger partial charge in [-0.25, -0.2) is 4.98 Å². The van der Waals surface area contributed by atoms with Gasteiger partial charge in [0, 0.05) is 30.1 Å². The van der Waals surface area contributed by atoms with E-state index in [0.29, 0.717) is 0 Å². The molecule has 1 N–H and O–H groups in total. The molecule has 32 heavy (non-hydrogen) atoms. The van der Waals surface area contributed by atoms with Crippen molar-refractivity contribution in [3.8, 4) is 33.6 Å². The van der Waals surface area contributed by atoms with Crippen molar-refractivity contribution in [3.05, 3.63) is 103 Å². The van der Waals surface area contributed by atoms with E-state index in [9.17, 15) is 0 Å². The summed E-state index contributed by atoms with van der Waals surface area (Å²) >= 11 is 0. The summed E-state index contributed by atoms with van der Waals surface area (Å²) in [5.74, 6) is 0. The Morgan fingerprint density at radius 2 is 1.62 bits per heavy atom. The van der Waals surface area contributed by atoms with Gasteiger partial charge >= 0.3 is 0 Å². The second kappa shape index (κ2) is 9.16. The number of benzene rings is 2. The highest BCUT2D eigenvalue weighted by Crippen LogP contribution is 2.27. The van der Waals surface area contributed by atoms with E-state index < -0.39 is 0 Å². The van der Waals surface area contributed by atoms with Crippen LogP contribution in [-0.2, 0) is 6.54 Å². The minimum Gasteiger partial charge on any atom is -0.313 e. The minimum atomic E-state index is 0.910. The molecule has 0 unspecified atom stereocenters. The molecule has 0 fully saturated rings. The summed E-state index contributed by atoms with van der Waals surface area (Å²) in [5.41, 5.74) is 8.84. The Morgan fingerprint density at radius 1 is 0.781 bits per heavy atom. The molecule has 0 saturated heterocycles. The third-order valence-corrected chi connectivity index (χ3v) is 5.68. The molecular weight excluding hydrogens is 392 g/mol. The predicted molar refractivity (Wildman–Crippen MR) is 131 cm³/mol. The normalized spacial score (nSPS) is 11.2. The number of rotatable bonds is 7. The van der Waals surface area contributed by atoms with E-state index in [1.54, 1.807) is 0 Å². The van der Waals surface area contributed by atoms with Gasteiger partial charge in [-0.3, -0.25) is 9.38 Å². The van der Waals surface area contributed by atoms with Crippen LogP contribution in [0.15, 0.2) is 97.5 Å². The van der Waals surface area contributed by atoms with Crippen molar-refractivity contribution in [3.63, 3.8) is 0 Å². The minimum absolute atomic E-state index is 0.910. The lowest BCUT2D eigenvalue weighted by molar-refractivity contribution is 0.675. The van der Waals surface area contributed by atoms with Gasteiger partial charge in [-0.15, -0.1) is 0 Å². The van der Waals surface area contributed by atoms with Crippen molar-refractivity contribution in [1.82, 2.24) is 19.7 Å². The van der Waals surface area contributed by atoms with Crippen molar-refractivity contribution >= 4 is 5.65 Å². The van der Waals surface area contributed by atoms with Crippen molar-refractivity contribution in [1.29, 1.82) is 0 Å². The summed E-state index contributed by atoms with van der Waals surface area (Å²) in [6, 6.07) is 27.5. The maximum absolute atomic E-state index is 4.68. The van der Waals surface area contributed by atoms with E-state index >= 15 is 0 Å². The van der Waals surface area contributed by atoms with Gasteiger partial charge in [-0.2, -0.15) is 0 Å². The second-order valence-corrected chi connectivity index (χ2v) is 7.96. The molecule has 158 valence electrons. The van der Waals surface area contributed by atoms with Crippen LogP contribution >= 0.6 is 0 Å². The molecule has 3 heterocycles. The number of hydrogen-bond donors (Lipinski definition) is 1. The average Bonchev–Trinajstić information content (AvgIpc) is 3.29. The Hall–Kier alpha value is -3.76. The van der Waals surface area contributed by atoms with Crippen LogP contribution in [0.4, 0.5) is 0 Å². The first-order valence-corrected chi connectivity index (χ1v) is 11.1. The predicted octanol–water partition coefficient (Wildman–Crippen LogP) is 6.23. The van der Waals surface area contributed by atoms with Gasteiger partial charge in [0.2, 0.25) is 0 Å². The van der Waals surface area contributed by atoms with Crippen molar-refractivity contribution in [2.45, 2.75) is 19.9 Å². The first kappa shape index (κ1) is 20.2. The topological polar surface area (TPSA) is 42.2 Å². The molecule has 4 nitrogen and oxygen atoms in total. The summed E-state index contributed by atoms with van der Waals surface area (Å²) in [5, 5.41) is 3.45. The van der Waals surface area contributed by atoms with Crippen LogP contribution in [0.3, 0.4) is 0 Å². The smallest absolute Gasteiger partial charge is 0.137 e. The first-order chi connectivity index (χ1) is 15.8. The fourth-order valence-electron chi connectivity index (χ4n) is 3.95. The van der Waals surface area contributed by atoms with E-state index in [1.807, 2.05) is 36.7 Å². The van der Waals surface area contributed by atoms with Crippen LogP contribution in [-0.4, -0.2) is 20.9 Å². The van der Waals surface area contributed by atoms with Gasteiger partial charge in [0.05, 0.1) is 17.6 Å². The lowest BCUT2D eigenvalue weighted by Gasteiger charge is -2.08. The molecule has 2 aromatic carbocycles. The SMILES string of the molecule is CCCNCc1ccc(-c2ccn3c(-c4ccnc(-c5ccccc5)c4)cnc3c2)cc1. The summed E-state index contributed by atoms with van der Waals surface area (Å²) in [6.07, 6.45) is 7.05. The van der Waals surface area contributed by atoms with E-state index in [4.69, 9.17) is 0 Å². The highest BCUT2D eigenvalue weighted by molar-refractivity contribution is 5.73. The van der Waals surface area contributed by atoms with Crippen LogP contribution in [0.5, 0.6) is 0 Å². The Labute approximate surface area is 188 Å². The molecule has 0 aliphatic heterocycles. The zero-order valence-electron chi connectivity index (χ0n) is 18.2. The van der Waals surface area contributed by atoms with Gasteiger partial charge in [0.1, 0.15) is 5.65 Å². The molecule has 5 rings (SSSR count). The number of fused-ring (bicyclic) bond motifs is 1. The third kappa shape index (κ3) is 4.18. The van der Waals surface area contributed by atoms with E-state index in [-0.39, 0.29) is 0 Å². The highest BCUT2D eigenvalue weighted by atomic mass is 15.0. The van der Waals surface area contributed by atoms with Crippen molar-refractivity contribution in [2.24, 2.45) is 0 Å². The van der Waals surface area contributed by atoms with Crippen LogP contribution in [0, 0.1) is 0 Å². The van der Waals surface area contributed by atoms with Gasteiger partial charge in [0.15, 0.2) is 0 Å². The number of hydrogen-bond acceptors (Lipinski definition) is 3. The van der Waals surface area contributed by atoms with Gasteiger partial charge in [-0.1, -0.05) is 61.5 Å². The molecule has 0 aliphatic rings. The summed E-state index contributed by atoms with van der Waals surface area (Å²) < 4.78 is 2.14. The standard InChI is InChI=1S/C28H26N4/c1-2-14-29-19-21-8-10-22(11-9-21)24-13-16-32-27(20-31-28(32)18-24)25-12-15-30-26(17-25)23-6-4-3-5-7-23/h3-13,15-18,20,29H,2,14,19H2,1H3. The van der Waals surface area contributed by atoms with E-state index in [0.717, 1.165) is 47.7 Å². The molecule has 0 bridgehead atoms. The monoisotopic (exact) mass is 418 g/mol. The molecule has 5 aromatic rings. The van der Waals surface area contributed by atoms with Crippen molar-refractivity contribution in [2.75, 3.05) is 6.54 Å². The van der Waals surface area contributed by atoms with Gasteiger partial charge in [0.25, 0.3) is 0 Å². The molecule has 4 heteroatoms. The maximum atomic E-state index is 4.68. The highest BCUT2D eigenvalue weighted by Gasteiger charge is 2.09. The number of pyridine rings is 2. The summed E-state index contributed by atoms with van der Waals surface area (Å²) in [6.45, 7) is 4.14. The average molecular weight is 419 g/mol.